The lowest BCUT2D eigenvalue weighted by atomic mass is 10.0. The van der Waals surface area contributed by atoms with Gasteiger partial charge in [-0.3, -0.25) is 4.79 Å². The Morgan fingerprint density at radius 1 is 1.32 bits per heavy atom. The minimum atomic E-state index is 0.241. The standard InChI is InChI=1S/C16H24N2O/c1-11(2)13-5-7-15(8-6-13)18-12(3)14(10-17-4)9-16(18)19/h5-8,11-12,14,17H,9-10H2,1-4H3. The highest BCUT2D eigenvalue weighted by Gasteiger charge is 2.36. The Labute approximate surface area is 116 Å². The second-order valence-electron chi connectivity index (χ2n) is 5.77. The molecule has 1 amide bonds. The van der Waals surface area contributed by atoms with Gasteiger partial charge in [0.15, 0.2) is 0 Å². The van der Waals surface area contributed by atoms with Crippen molar-refractivity contribution in [2.75, 3.05) is 18.5 Å². The fourth-order valence-corrected chi connectivity index (χ4v) is 2.84. The molecule has 1 aromatic rings. The molecule has 2 rings (SSSR count). The summed E-state index contributed by atoms with van der Waals surface area (Å²) >= 11 is 0. The smallest absolute Gasteiger partial charge is 0.227 e. The van der Waals surface area contributed by atoms with Gasteiger partial charge in [0.05, 0.1) is 0 Å². The van der Waals surface area contributed by atoms with Gasteiger partial charge in [-0.25, -0.2) is 0 Å². The zero-order valence-electron chi connectivity index (χ0n) is 12.3. The van der Waals surface area contributed by atoms with Crippen LogP contribution >= 0.6 is 0 Å². The normalized spacial score (nSPS) is 23.4. The van der Waals surface area contributed by atoms with Gasteiger partial charge < -0.3 is 10.2 Å². The van der Waals surface area contributed by atoms with Crippen LogP contribution in [0, 0.1) is 5.92 Å². The number of anilines is 1. The van der Waals surface area contributed by atoms with Crippen LogP contribution in [0.25, 0.3) is 0 Å². The Balaban J connectivity index is 2.19. The Bertz CT molecular complexity index is 439. The van der Waals surface area contributed by atoms with Crippen LogP contribution in [0.5, 0.6) is 0 Å². The van der Waals surface area contributed by atoms with Gasteiger partial charge in [-0.1, -0.05) is 26.0 Å². The van der Waals surface area contributed by atoms with E-state index < -0.39 is 0 Å². The molecular weight excluding hydrogens is 236 g/mol. The molecule has 3 nitrogen and oxygen atoms in total. The lowest BCUT2D eigenvalue weighted by Crippen LogP contribution is -2.35. The summed E-state index contributed by atoms with van der Waals surface area (Å²) in [7, 11) is 1.94. The number of carbonyl (C=O) groups is 1. The summed E-state index contributed by atoms with van der Waals surface area (Å²) < 4.78 is 0. The van der Waals surface area contributed by atoms with Gasteiger partial charge in [-0.05, 0) is 37.6 Å². The van der Waals surface area contributed by atoms with Crippen molar-refractivity contribution < 1.29 is 4.79 Å². The summed E-state index contributed by atoms with van der Waals surface area (Å²) in [5.74, 6) is 1.17. The summed E-state index contributed by atoms with van der Waals surface area (Å²) in [6.45, 7) is 7.40. The molecule has 1 aromatic carbocycles. The minimum absolute atomic E-state index is 0.241. The maximum absolute atomic E-state index is 12.2. The van der Waals surface area contributed by atoms with Crippen molar-refractivity contribution in [2.24, 2.45) is 5.92 Å². The molecule has 0 radical (unpaired) electrons. The number of nitrogens with zero attached hydrogens (tertiary/aromatic N) is 1. The van der Waals surface area contributed by atoms with Crippen molar-refractivity contribution in [3.63, 3.8) is 0 Å². The predicted molar refractivity (Wildman–Crippen MR) is 79.5 cm³/mol. The van der Waals surface area contributed by atoms with Crippen molar-refractivity contribution in [2.45, 2.75) is 39.2 Å². The first-order chi connectivity index (χ1) is 9.04. The maximum Gasteiger partial charge on any atom is 0.227 e. The van der Waals surface area contributed by atoms with Crippen LogP contribution in [0.1, 0.15) is 38.7 Å². The quantitative estimate of drug-likeness (QED) is 0.903. The first kappa shape index (κ1) is 14.1. The van der Waals surface area contributed by atoms with E-state index in [2.05, 4.69) is 50.4 Å². The number of nitrogens with one attached hydrogen (secondary N) is 1. The number of hydrogen-bond donors (Lipinski definition) is 1. The van der Waals surface area contributed by atoms with E-state index in [0.29, 0.717) is 18.3 Å². The lowest BCUT2D eigenvalue weighted by molar-refractivity contribution is -0.117. The van der Waals surface area contributed by atoms with Crippen LogP contribution in [0.15, 0.2) is 24.3 Å². The van der Waals surface area contributed by atoms with E-state index in [-0.39, 0.29) is 11.9 Å². The van der Waals surface area contributed by atoms with E-state index in [1.807, 2.05) is 11.9 Å². The number of amides is 1. The first-order valence-electron chi connectivity index (χ1n) is 7.11. The monoisotopic (exact) mass is 260 g/mol. The van der Waals surface area contributed by atoms with Crippen LogP contribution in [0.3, 0.4) is 0 Å². The molecule has 0 aliphatic carbocycles. The highest BCUT2D eigenvalue weighted by atomic mass is 16.2. The third-order valence-electron chi connectivity index (χ3n) is 4.10. The average molecular weight is 260 g/mol. The fourth-order valence-electron chi connectivity index (χ4n) is 2.84. The molecule has 19 heavy (non-hydrogen) atoms. The zero-order chi connectivity index (χ0) is 14.0. The van der Waals surface area contributed by atoms with Gasteiger partial charge in [0.25, 0.3) is 0 Å². The third kappa shape index (κ3) is 2.81. The van der Waals surface area contributed by atoms with E-state index in [1.54, 1.807) is 0 Å². The molecule has 0 spiro atoms. The van der Waals surface area contributed by atoms with Gasteiger partial charge >= 0.3 is 0 Å². The summed E-state index contributed by atoms with van der Waals surface area (Å²) in [5.41, 5.74) is 2.34. The van der Waals surface area contributed by atoms with E-state index in [4.69, 9.17) is 0 Å². The van der Waals surface area contributed by atoms with Crippen LogP contribution in [0.2, 0.25) is 0 Å². The van der Waals surface area contributed by atoms with Gasteiger partial charge in [0.2, 0.25) is 5.91 Å². The molecule has 3 heteroatoms. The fraction of sp³-hybridized carbons (Fsp3) is 0.562. The van der Waals surface area contributed by atoms with Crippen molar-refractivity contribution >= 4 is 11.6 Å². The molecule has 1 heterocycles. The number of carbonyl (C=O) groups excluding carboxylic acids is 1. The molecule has 0 bridgehead atoms. The molecule has 0 aromatic heterocycles. The second-order valence-corrected chi connectivity index (χ2v) is 5.77. The van der Waals surface area contributed by atoms with Crippen LogP contribution in [0.4, 0.5) is 5.69 Å². The Morgan fingerprint density at radius 2 is 1.95 bits per heavy atom. The Hall–Kier alpha value is -1.35. The number of rotatable bonds is 4. The minimum Gasteiger partial charge on any atom is -0.319 e. The zero-order valence-corrected chi connectivity index (χ0v) is 12.3. The van der Waals surface area contributed by atoms with Gasteiger partial charge in [-0.15, -0.1) is 0 Å². The molecule has 1 fully saturated rings. The van der Waals surface area contributed by atoms with Crippen molar-refractivity contribution in [1.82, 2.24) is 5.32 Å². The summed E-state index contributed by atoms with van der Waals surface area (Å²) in [6, 6.07) is 8.68. The second kappa shape index (κ2) is 5.74. The van der Waals surface area contributed by atoms with E-state index in [9.17, 15) is 4.79 Å². The molecular formula is C16H24N2O. The molecule has 0 saturated carbocycles. The highest BCUT2D eigenvalue weighted by molar-refractivity contribution is 5.96. The average Bonchev–Trinajstić information content (AvgIpc) is 2.65. The largest absolute Gasteiger partial charge is 0.319 e. The van der Waals surface area contributed by atoms with E-state index >= 15 is 0 Å². The van der Waals surface area contributed by atoms with Crippen molar-refractivity contribution in [3.8, 4) is 0 Å². The first-order valence-corrected chi connectivity index (χ1v) is 7.11. The highest BCUT2D eigenvalue weighted by Crippen LogP contribution is 2.31. The molecule has 2 atom stereocenters. The van der Waals surface area contributed by atoms with Gasteiger partial charge in [0.1, 0.15) is 0 Å². The maximum atomic E-state index is 12.2. The number of hydrogen-bond acceptors (Lipinski definition) is 2. The summed E-state index contributed by atoms with van der Waals surface area (Å²) in [5, 5.41) is 3.18. The molecule has 2 unspecified atom stereocenters. The van der Waals surface area contributed by atoms with E-state index in [1.165, 1.54) is 5.56 Å². The molecule has 104 valence electrons. The van der Waals surface area contributed by atoms with Gasteiger partial charge in [-0.2, -0.15) is 0 Å². The van der Waals surface area contributed by atoms with Crippen molar-refractivity contribution in [3.05, 3.63) is 29.8 Å². The molecule has 1 aliphatic rings. The lowest BCUT2D eigenvalue weighted by Gasteiger charge is -2.25. The molecule has 1 aliphatic heterocycles. The predicted octanol–water partition coefficient (Wildman–Crippen LogP) is 2.77. The van der Waals surface area contributed by atoms with Crippen molar-refractivity contribution in [1.29, 1.82) is 0 Å². The topological polar surface area (TPSA) is 32.3 Å². The summed E-state index contributed by atoms with van der Waals surface area (Å²) in [4.78, 5) is 14.1. The van der Waals surface area contributed by atoms with Crippen LogP contribution in [-0.4, -0.2) is 25.5 Å². The van der Waals surface area contributed by atoms with Crippen LogP contribution in [-0.2, 0) is 4.79 Å². The Kier molecular flexibility index (Phi) is 4.25. The SMILES string of the molecule is CNCC1CC(=O)N(c2ccc(C(C)C)cc2)C1C. The van der Waals surface area contributed by atoms with Gasteiger partial charge in [0, 0.05) is 30.6 Å². The summed E-state index contributed by atoms with van der Waals surface area (Å²) in [6.07, 6.45) is 0.647. The number of benzene rings is 1. The van der Waals surface area contributed by atoms with E-state index in [0.717, 1.165) is 12.2 Å². The van der Waals surface area contributed by atoms with Crippen LogP contribution < -0.4 is 10.2 Å². The Morgan fingerprint density at radius 3 is 2.47 bits per heavy atom. The molecule has 1 N–H and O–H groups in total. The molecule has 1 saturated heterocycles. The third-order valence-corrected chi connectivity index (χ3v) is 4.10.